The number of Topliss-reactive ketones (excluding diaryl/α,β-unsaturated/α-hetero) is 1. The first-order valence-corrected chi connectivity index (χ1v) is 11.5. The molecule has 32 heavy (non-hydrogen) atoms. The monoisotopic (exact) mass is 477 g/mol. The number of aromatic nitrogens is 3. The molecule has 0 aromatic carbocycles. The van der Waals surface area contributed by atoms with Crippen LogP contribution in [-0.4, -0.2) is 65.3 Å². The first-order valence-electron chi connectivity index (χ1n) is 10.3. The second kappa shape index (κ2) is 10.0. The van der Waals surface area contributed by atoms with Crippen LogP contribution in [0.1, 0.15) is 25.5 Å². The fraction of sp³-hybridized carbons (Fsp3) is 0.476. The molecule has 0 aliphatic carbocycles. The zero-order valence-corrected chi connectivity index (χ0v) is 20.0. The fourth-order valence-electron chi connectivity index (χ4n) is 3.34. The van der Waals surface area contributed by atoms with Crippen molar-refractivity contribution in [3.63, 3.8) is 0 Å². The van der Waals surface area contributed by atoms with E-state index in [2.05, 4.69) is 26.8 Å². The number of hydrogen-bond donors (Lipinski definition) is 2. The number of anilines is 2. The van der Waals surface area contributed by atoms with Gasteiger partial charge in [0, 0.05) is 38.3 Å². The smallest absolute Gasteiger partial charge is 0.289 e. The quantitative estimate of drug-likeness (QED) is 0.574. The maximum atomic E-state index is 12.1. The van der Waals surface area contributed by atoms with Gasteiger partial charge >= 0.3 is 0 Å². The summed E-state index contributed by atoms with van der Waals surface area (Å²) in [5, 5.41) is 0.798. The molecule has 3 heterocycles. The zero-order valence-electron chi connectivity index (χ0n) is 18.5. The summed E-state index contributed by atoms with van der Waals surface area (Å²) in [5.74, 6) is -0.147. The first-order chi connectivity index (χ1) is 15.1. The van der Waals surface area contributed by atoms with Gasteiger partial charge in [-0.25, -0.2) is 9.97 Å². The molecule has 9 nitrogen and oxygen atoms in total. The standard InChI is InChI=1S/C21H28ClN7O2S/c1-21(12-23)5-8-29(9-6-21)16-11-26-19(18(24)27-16)32-15-4-7-25-13(17(15)22)10-14(30)20(31)28(2)3/h4,7,11H,5-6,8-10,12,23H2,1-3H3,(H2,24,27). The van der Waals surface area contributed by atoms with Gasteiger partial charge in [-0.15, -0.1) is 0 Å². The van der Waals surface area contributed by atoms with Gasteiger partial charge in [-0.3, -0.25) is 14.6 Å². The highest BCUT2D eigenvalue weighted by atomic mass is 35.5. The maximum Gasteiger partial charge on any atom is 0.289 e. The van der Waals surface area contributed by atoms with Gasteiger partial charge in [0.05, 0.1) is 23.3 Å². The third-order valence-corrected chi connectivity index (χ3v) is 7.25. The number of carbonyl (C=O) groups is 2. The van der Waals surface area contributed by atoms with Crippen LogP contribution in [0.25, 0.3) is 0 Å². The van der Waals surface area contributed by atoms with Crippen molar-refractivity contribution in [2.24, 2.45) is 11.1 Å². The van der Waals surface area contributed by atoms with Gasteiger partial charge in [0.2, 0.25) is 5.78 Å². The Hall–Kier alpha value is -2.43. The molecule has 3 rings (SSSR count). The molecule has 2 aromatic heterocycles. The van der Waals surface area contributed by atoms with Crippen molar-refractivity contribution in [2.45, 2.75) is 36.1 Å². The lowest BCUT2D eigenvalue weighted by atomic mass is 9.80. The Bertz CT molecular complexity index is 1010. The van der Waals surface area contributed by atoms with Crippen LogP contribution in [0.15, 0.2) is 28.4 Å². The van der Waals surface area contributed by atoms with Gasteiger partial charge in [-0.05, 0) is 30.9 Å². The number of likely N-dealkylation sites (N-methyl/N-ethyl adjacent to an activating group) is 1. The largest absolute Gasteiger partial charge is 0.381 e. The average Bonchev–Trinajstić information content (AvgIpc) is 2.77. The summed E-state index contributed by atoms with van der Waals surface area (Å²) >= 11 is 7.71. The van der Waals surface area contributed by atoms with Crippen LogP contribution in [0, 0.1) is 5.41 Å². The van der Waals surface area contributed by atoms with Gasteiger partial charge in [0.25, 0.3) is 5.91 Å². The van der Waals surface area contributed by atoms with Crippen LogP contribution in [0.4, 0.5) is 11.6 Å². The third-order valence-electron chi connectivity index (χ3n) is 5.64. The van der Waals surface area contributed by atoms with Crippen LogP contribution in [0.3, 0.4) is 0 Å². The maximum absolute atomic E-state index is 12.1. The summed E-state index contributed by atoms with van der Waals surface area (Å²) in [6, 6.07) is 1.71. The Labute approximate surface area is 196 Å². The van der Waals surface area contributed by atoms with Gasteiger partial charge in [-0.1, -0.05) is 30.3 Å². The minimum absolute atomic E-state index is 0.166. The predicted molar refractivity (Wildman–Crippen MR) is 126 cm³/mol. The summed E-state index contributed by atoms with van der Waals surface area (Å²) in [5.41, 5.74) is 12.6. The van der Waals surface area contributed by atoms with E-state index in [0.717, 1.165) is 31.7 Å². The molecule has 1 fully saturated rings. The summed E-state index contributed by atoms with van der Waals surface area (Å²) in [4.78, 5) is 41.2. The molecule has 172 valence electrons. The Balaban J connectivity index is 1.73. The number of amides is 1. The summed E-state index contributed by atoms with van der Waals surface area (Å²) < 4.78 is 0. The molecule has 11 heteroatoms. The van der Waals surface area contributed by atoms with Crippen molar-refractivity contribution in [1.82, 2.24) is 19.9 Å². The highest BCUT2D eigenvalue weighted by Gasteiger charge is 2.29. The van der Waals surface area contributed by atoms with Gasteiger partial charge in [0.15, 0.2) is 5.82 Å². The molecular weight excluding hydrogens is 450 g/mol. The van der Waals surface area contributed by atoms with Crippen molar-refractivity contribution in [3.8, 4) is 0 Å². The highest BCUT2D eigenvalue weighted by molar-refractivity contribution is 7.99. The Morgan fingerprint density at radius 1 is 1.28 bits per heavy atom. The van der Waals surface area contributed by atoms with Gasteiger partial charge in [0.1, 0.15) is 10.8 Å². The predicted octanol–water partition coefficient (Wildman–Crippen LogP) is 2.02. The van der Waals surface area contributed by atoms with E-state index in [1.165, 1.54) is 37.0 Å². The van der Waals surface area contributed by atoms with Crippen molar-refractivity contribution in [3.05, 3.63) is 29.2 Å². The fourth-order valence-corrected chi connectivity index (χ4v) is 4.44. The number of nitrogens with two attached hydrogens (primary N) is 2. The van der Waals surface area contributed by atoms with Crippen LogP contribution in [0.2, 0.25) is 5.02 Å². The summed E-state index contributed by atoms with van der Waals surface area (Å²) in [6.07, 6.45) is 5.05. The van der Waals surface area contributed by atoms with Crippen LogP contribution < -0.4 is 16.4 Å². The number of pyridine rings is 1. The second-order valence-corrected chi connectivity index (χ2v) is 9.80. The lowest BCUT2D eigenvalue weighted by molar-refractivity contribution is -0.142. The van der Waals surface area contributed by atoms with Crippen LogP contribution in [-0.2, 0) is 16.0 Å². The van der Waals surface area contributed by atoms with E-state index in [1.54, 1.807) is 12.3 Å². The zero-order chi connectivity index (χ0) is 23.5. The number of carbonyl (C=O) groups excluding carboxylic acids is 2. The molecule has 1 amide bonds. The number of nitrogens with zero attached hydrogens (tertiary/aromatic N) is 5. The number of nitrogen functional groups attached to an aromatic ring is 1. The third kappa shape index (κ3) is 5.48. The molecule has 2 aromatic rings. The van der Waals surface area contributed by atoms with E-state index < -0.39 is 11.7 Å². The van der Waals surface area contributed by atoms with E-state index in [4.69, 9.17) is 23.1 Å². The van der Waals surface area contributed by atoms with Gasteiger partial charge < -0.3 is 21.3 Å². The highest BCUT2D eigenvalue weighted by Crippen LogP contribution is 2.37. The molecule has 0 saturated carbocycles. The van der Waals surface area contributed by atoms with E-state index in [-0.39, 0.29) is 11.8 Å². The van der Waals surface area contributed by atoms with Crippen LogP contribution >= 0.6 is 23.4 Å². The molecule has 1 saturated heterocycles. The van der Waals surface area contributed by atoms with E-state index >= 15 is 0 Å². The molecule has 1 aliphatic rings. The van der Waals surface area contributed by atoms with E-state index in [0.29, 0.717) is 33.0 Å². The van der Waals surface area contributed by atoms with Gasteiger partial charge in [-0.2, -0.15) is 0 Å². The van der Waals surface area contributed by atoms with E-state index in [9.17, 15) is 9.59 Å². The topological polar surface area (TPSA) is 131 Å². The average molecular weight is 478 g/mol. The number of halogens is 1. The normalized spacial score (nSPS) is 15.5. The SMILES string of the molecule is CN(C)C(=O)C(=O)Cc1nccc(Sc2ncc(N3CCC(C)(CN)CC3)nc2N)c1Cl. The molecular formula is C21H28ClN7O2S. The second-order valence-electron chi connectivity index (χ2n) is 8.39. The molecule has 0 spiro atoms. The Morgan fingerprint density at radius 2 is 1.97 bits per heavy atom. The Kier molecular flexibility index (Phi) is 7.58. The molecule has 4 N–H and O–H groups in total. The van der Waals surface area contributed by atoms with Crippen molar-refractivity contribution in [1.29, 1.82) is 0 Å². The molecule has 0 radical (unpaired) electrons. The van der Waals surface area contributed by atoms with Crippen molar-refractivity contribution >= 4 is 46.7 Å². The molecule has 1 aliphatic heterocycles. The molecule has 0 bridgehead atoms. The summed E-state index contributed by atoms with van der Waals surface area (Å²) in [6.45, 7) is 4.59. The lowest BCUT2D eigenvalue weighted by Gasteiger charge is -2.39. The minimum Gasteiger partial charge on any atom is -0.381 e. The van der Waals surface area contributed by atoms with Crippen LogP contribution in [0.5, 0.6) is 0 Å². The number of piperidine rings is 1. The number of hydrogen-bond acceptors (Lipinski definition) is 9. The van der Waals surface area contributed by atoms with Crippen molar-refractivity contribution < 1.29 is 9.59 Å². The number of rotatable bonds is 7. The molecule has 0 unspecified atom stereocenters. The van der Waals surface area contributed by atoms with E-state index in [1.807, 2.05) is 0 Å². The molecule has 0 atom stereocenters. The Morgan fingerprint density at radius 3 is 2.56 bits per heavy atom. The first kappa shape index (κ1) is 24.2. The number of ketones is 1. The minimum atomic E-state index is -0.601. The lowest BCUT2D eigenvalue weighted by Crippen LogP contribution is -2.42. The van der Waals surface area contributed by atoms with Crippen molar-refractivity contribution in [2.75, 3.05) is 44.4 Å². The summed E-state index contributed by atoms with van der Waals surface area (Å²) in [7, 11) is 3.04.